The van der Waals surface area contributed by atoms with Crippen molar-refractivity contribution in [2.24, 2.45) is 0 Å². The molecule has 0 aromatic heterocycles. The van der Waals surface area contributed by atoms with E-state index in [0.29, 0.717) is 54.2 Å². The van der Waals surface area contributed by atoms with E-state index in [0.717, 1.165) is 6.26 Å². The number of rotatable bonds is 7. The molecule has 172 valence electrons. The Balaban J connectivity index is 1.54. The van der Waals surface area contributed by atoms with E-state index >= 15 is 0 Å². The fraction of sp³-hybridized carbons (Fsp3) is 0.364. The van der Waals surface area contributed by atoms with E-state index in [4.69, 9.17) is 9.47 Å². The number of benzene rings is 2. The average Bonchev–Trinajstić information content (AvgIpc) is 2.78. The fourth-order valence-electron chi connectivity index (χ4n) is 3.55. The van der Waals surface area contributed by atoms with E-state index < -0.39 is 10.0 Å². The smallest absolute Gasteiger partial charge is 0.253 e. The van der Waals surface area contributed by atoms with Crippen LogP contribution < -0.4 is 19.5 Å². The molecule has 2 amide bonds. The zero-order valence-electron chi connectivity index (χ0n) is 18.3. The maximum absolute atomic E-state index is 12.8. The number of piperidine rings is 1. The van der Waals surface area contributed by atoms with Gasteiger partial charge in [-0.1, -0.05) is 0 Å². The van der Waals surface area contributed by atoms with Gasteiger partial charge >= 0.3 is 0 Å². The molecule has 1 heterocycles. The third-order valence-corrected chi connectivity index (χ3v) is 5.80. The lowest BCUT2D eigenvalue weighted by atomic mass is 10.0. The van der Waals surface area contributed by atoms with Gasteiger partial charge in [-0.15, -0.1) is 0 Å². The van der Waals surface area contributed by atoms with E-state index in [-0.39, 0.29) is 17.9 Å². The summed E-state index contributed by atoms with van der Waals surface area (Å²) in [5.74, 6) is 0.708. The molecule has 9 nitrogen and oxygen atoms in total. The number of methoxy groups -OCH3 is 2. The normalized spacial score (nSPS) is 14.5. The minimum Gasteiger partial charge on any atom is -0.493 e. The lowest BCUT2D eigenvalue weighted by molar-refractivity contribution is 0.0698. The first kappa shape index (κ1) is 23.4. The van der Waals surface area contributed by atoms with Crippen LogP contribution in [0.15, 0.2) is 42.5 Å². The predicted molar refractivity (Wildman–Crippen MR) is 121 cm³/mol. The predicted octanol–water partition coefficient (Wildman–Crippen LogP) is 2.11. The van der Waals surface area contributed by atoms with Crippen molar-refractivity contribution in [2.45, 2.75) is 18.9 Å². The average molecular weight is 462 g/mol. The molecular weight excluding hydrogens is 434 g/mol. The van der Waals surface area contributed by atoms with Gasteiger partial charge < -0.3 is 19.7 Å². The molecule has 1 fully saturated rings. The number of carbonyl (C=O) groups excluding carboxylic acids is 2. The van der Waals surface area contributed by atoms with Gasteiger partial charge in [-0.3, -0.25) is 14.3 Å². The molecule has 0 atom stereocenters. The molecule has 0 saturated carbocycles. The molecular formula is C22H27N3O6S. The molecule has 0 aliphatic carbocycles. The summed E-state index contributed by atoms with van der Waals surface area (Å²) in [6.45, 7) is 1.03. The van der Waals surface area contributed by atoms with Crippen LogP contribution in [-0.4, -0.2) is 64.7 Å². The van der Waals surface area contributed by atoms with Crippen LogP contribution in [0.1, 0.15) is 33.6 Å². The van der Waals surface area contributed by atoms with Gasteiger partial charge in [0.1, 0.15) is 0 Å². The van der Waals surface area contributed by atoms with Crippen LogP contribution in [0.25, 0.3) is 0 Å². The Hall–Kier alpha value is -3.27. The van der Waals surface area contributed by atoms with Gasteiger partial charge in [0.15, 0.2) is 11.5 Å². The molecule has 2 aromatic rings. The number of hydrogen-bond acceptors (Lipinski definition) is 6. The highest BCUT2D eigenvalue weighted by Crippen LogP contribution is 2.27. The highest BCUT2D eigenvalue weighted by molar-refractivity contribution is 7.92. The van der Waals surface area contributed by atoms with Crippen molar-refractivity contribution in [1.29, 1.82) is 0 Å². The Morgan fingerprint density at radius 1 is 0.938 bits per heavy atom. The summed E-state index contributed by atoms with van der Waals surface area (Å²) in [6.07, 6.45) is 2.34. The number of amides is 2. The molecule has 2 N–H and O–H groups in total. The van der Waals surface area contributed by atoms with Crippen molar-refractivity contribution in [3.63, 3.8) is 0 Å². The van der Waals surface area contributed by atoms with Crippen molar-refractivity contribution < 1.29 is 27.5 Å². The molecule has 2 aromatic carbocycles. The molecule has 32 heavy (non-hydrogen) atoms. The second kappa shape index (κ2) is 9.90. The van der Waals surface area contributed by atoms with Gasteiger partial charge in [0.25, 0.3) is 11.8 Å². The largest absolute Gasteiger partial charge is 0.493 e. The quantitative estimate of drug-likeness (QED) is 0.653. The topological polar surface area (TPSA) is 114 Å². The van der Waals surface area contributed by atoms with Crippen LogP contribution >= 0.6 is 0 Å². The summed E-state index contributed by atoms with van der Waals surface area (Å²) < 4.78 is 35.4. The van der Waals surface area contributed by atoms with Crippen LogP contribution in [0.2, 0.25) is 0 Å². The molecule has 0 spiro atoms. The first-order chi connectivity index (χ1) is 15.2. The van der Waals surface area contributed by atoms with E-state index in [1.165, 1.54) is 14.2 Å². The van der Waals surface area contributed by atoms with Crippen molar-refractivity contribution in [2.75, 3.05) is 38.3 Å². The van der Waals surface area contributed by atoms with Crippen LogP contribution in [0.4, 0.5) is 5.69 Å². The summed E-state index contributed by atoms with van der Waals surface area (Å²) >= 11 is 0. The van der Waals surface area contributed by atoms with Gasteiger partial charge in [-0.05, 0) is 55.3 Å². The van der Waals surface area contributed by atoms with Gasteiger partial charge in [0, 0.05) is 35.9 Å². The third-order valence-electron chi connectivity index (χ3n) is 5.20. The second-order valence-corrected chi connectivity index (χ2v) is 9.31. The molecule has 1 aliphatic heterocycles. The van der Waals surface area contributed by atoms with Crippen molar-refractivity contribution in [3.05, 3.63) is 53.6 Å². The number of likely N-dealkylation sites (tertiary alicyclic amines) is 1. The summed E-state index contributed by atoms with van der Waals surface area (Å²) in [4.78, 5) is 27.1. The summed E-state index contributed by atoms with van der Waals surface area (Å²) in [6, 6.07) is 11.3. The summed E-state index contributed by atoms with van der Waals surface area (Å²) in [5, 5.41) is 3.01. The maximum Gasteiger partial charge on any atom is 0.253 e. The molecule has 1 saturated heterocycles. The number of ether oxygens (including phenoxy) is 2. The Morgan fingerprint density at radius 2 is 1.53 bits per heavy atom. The van der Waals surface area contributed by atoms with Crippen molar-refractivity contribution in [1.82, 2.24) is 10.2 Å². The number of carbonyl (C=O) groups is 2. The van der Waals surface area contributed by atoms with E-state index in [1.807, 2.05) is 0 Å². The van der Waals surface area contributed by atoms with E-state index in [1.54, 1.807) is 47.4 Å². The SMILES string of the molecule is COc1ccc(C(=O)NC2CCN(C(=O)c3ccc(NS(C)(=O)=O)cc3)CC2)cc1OC. The lowest BCUT2D eigenvalue weighted by Crippen LogP contribution is -2.46. The molecule has 0 radical (unpaired) electrons. The Labute approximate surface area is 187 Å². The molecule has 10 heteroatoms. The summed E-state index contributed by atoms with van der Waals surface area (Å²) in [7, 11) is -0.316. The number of nitrogens with one attached hydrogen (secondary N) is 2. The number of hydrogen-bond donors (Lipinski definition) is 2. The zero-order chi connectivity index (χ0) is 23.3. The number of anilines is 1. The van der Waals surface area contributed by atoms with Gasteiger partial charge in [0.05, 0.1) is 20.5 Å². The first-order valence-corrected chi connectivity index (χ1v) is 12.0. The van der Waals surface area contributed by atoms with Crippen LogP contribution in [0.5, 0.6) is 11.5 Å². The van der Waals surface area contributed by atoms with E-state index in [9.17, 15) is 18.0 Å². The molecule has 3 rings (SSSR count). The zero-order valence-corrected chi connectivity index (χ0v) is 19.1. The Bertz CT molecular complexity index is 1080. The minimum absolute atomic E-state index is 0.0408. The van der Waals surface area contributed by atoms with Gasteiger partial charge in [-0.25, -0.2) is 8.42 Å². The van der Waals surface area contributed by atoms with Crippen LogP contribution in [0, 0.1) is 0 Å². The van der Waals surface area contributed by atoms with Gasteiger partial charge in [-0.2, -0.15) is 0 Å². The molecule has 1 aliphatic rings. The minimum atomic E-state index is -3.37. The van der Waals surface area contributed by atoms with Crippen LogP contribution in [0.3, 0.4) is 0 Å². The highest BCUT2D eigenvalue weighted by Gasteiger charge is 2.25. The third kappa shape index (κ3) is 5.91. The lowest BCUT2D eigenvalue weighted by Gasteiger charge is -2.32. The Morgan fingerprint density at radius 3 is 2.09 bits per heavy atom. The first-order valence-electron chi connectivity index (χ1n) is 10.1. The number of nitrogens with zero attached hydrogens (tertiary/aromatic N) is 1. The van der Waals surface area contributed by atoms with Crippen LogP contribution in [-0.2, 0) is 10.0 Å². The highest BCUT2D eigenvalue weighted by atomic mass is 32.2. The van der Waals surface area contributed by atoms with Crippen molar-refractivity contribution in [3.8, 4) is 11.5 Å². The molecule has 0 unspecified atom stereocenters. The second-order valence-electron chi connectivity index (χ2n) is 7.56. The number of sulfonamides is 1. The van der Waals surface area contributed by atoms with E-state index in [2.05, 4.69) is 10.0 Å². The molecule has 0 bridgehead atoms. The Kier molecular flexibility index (Phi) is 7.24. The monoisotopic (exact) mass is 461 g/mol. The van der Waals surface area contributed by atoms with Gasteiger partial charge in [0.2, 0.25) is 10.0 Å². The fourth-order valence-corrected chi connectivity index (χ4v) is 4.11. The maximum atomic E-state index is 12.8. The standard InChI is InChI=1S/C22H27N3O6S/c1-30-19-9-6-16(14-20(19)31-2)21(26)23-17-10-12-25(13-11-17)22(27)15-4-7-18(8-5-15)24-32(3,28)29/h4-9,14,17,24H,10-13H2,1-3H3,(H,23,26). The summed E-state index contributed by atoms with van der Waals surface area (Å²) in [5.41, 5.74) is 1.36. The van der Waals surface area contributed by atoms with Crippen molar-refractivity contribution >= 4 is 27.5 Å².